The molecular weight excluding hydrogens is 254 g/mol. The maximum absolute atomic E-state index is 5.90. The van der Waals surface area contributed by atoms with Gasteiger partial charge in [0.05, 0.1) is 5.56 Å². The molecule has 1 aliphatic carbocycles. The molecule has 0 radical (unpaired) electrons. The second kappa shape index (κ2) is 6.33. The highest BCUT2D eigenvalue weighted by atomic mass is 32.1. The first-order valence-corrected chi connectivity index (χ1v) is 7.65. The lowest BCUT2D eigenvalue weighted by molar-refractivity contribution is 0.663. The number of fused-ring (bicyclic) bond motifs is 1. The molecule has 3 nitrogen and oxygen atoms in total. The second-order valence-corrected chi connectivity index (χ2v) is 5.56. The highest BCUT2D eigenvalue weighted by Gasteiger charge is 2.19. The van der Waals surface area contributed by atoms with Gasteiger partial charge in [-0.15, -0.1) is 0 Å². The zero-order valence-electron chi connectivity index (χ0n) is 11.9. The maximum Gasteiger partial charge on any atom is 0.139 e. The monoisotopic (exact) mass is 277 g/mol. The van der Waals surface area contributed by atoms with Crippen LogP contribution in [0.25, 0.3) is 0 Å². The zero-order valence-corrected chi connectivity index (χ0v) is 12.7. The van der Waals surface area contributed by atoms with Crippen LogP contribution in [0, 0.1) is 0 Å². The van der Waals surface area contributed by atoms with Gasteiger partial charge in [0.25, 0.3) is 0 Å². The molecule has 0 spiro atoms. The molecule has 0 saturated carbocycles. The van der Waals surface area contributed by atoms with Crippen LogP contribution in [0.1, 0.15) is 49.9 Å². The summed E-state index contributed by atoms with van der Waals surface area (Å²) in [4.78, 5) is 7.63. The van der Waals surface area contributed by atoms with Crippen LogP contribution in [0.5, 0.6) is 0 Å². The van der Waals surface area contributed by atoms with E-state index in [-0.39, 0.29) is 0 Å². The van der Waals surface area contributed by atoms with Crippen molar-refractivity contribution < 1.29 is 0 Å². The fourth-order valence-electron chi connectivity index (χ4n) is 2.73. The van der Waals surface area contributed by atoms with E-state index in [0.717, 1.165) is 43.7 Å². The average molecular weight is 277 g/mol. The van der Waals surface area contributed by atoms with Crippen LogP contribution in [-0.4, -0.2) is 23.1 Å². The Balaban J connectivity index is 2.47. The van der Waals surface area contributed by atoms with Gasteiger partial charge in [0.1, 0.15) is 10.8 Å². The number of anilines is 1. The Bertz CT molecular complexity index is 471. The van der Waals surface area contributed by atoms with E-state index < -0.39 is 0 Å². The van der Waals surface area contributed by atoms with E-state index >= 15 is 0 Å². The maximum atomic E-state index is 5.90. The van der Waals surface area contributed by atoms with Crippen molar-refractivity contribution >= 4 is 23.0 Å². The van der Waals surface area contributed by atoms with Gasteiger partial charge in [-0.1, -0.05) is 19.1 Å². The molecule has 0 bridgehead atoms. The summed E-state index contributed by atoms with van der Waals surface area (Å²) in [5, 5.41) is 0. The third kappa shape index (κ3) is 3.06. The minimum atomic E-state index is 0.463. The topological polar surface area (TPSA) is 42.2 Å². The first kappa shape index (κ1) is 14.3. The van der Waals surface area contributed by atoms with E-state index in [0.29, 0.717) is 4.99 Å². The van der Waals surface area contributed by atoms with Gasteiger partial charge >= 0.3 is 0 Å². The number of aryl methyl sites for hydroxylation is 2. The van der Waals surface area contributed by atoms with Crippen LogP contribution in [-0.2, 0) is 12.8 Å². The fourth-order valence-corrected chi connectivity index (χ4v) is 2.88. The van der Waals surface area contributed by atoms with E-state index in [1.807, 2.05) is 0 Å². The Morgan fingerprint density at radius 1 is 1.37 bits per heavy atom. The summed E-state index contributed by atoms with van der Waals surface area (Å²) < 4.78 is 0. The summed E-state index contributed by atoms with van der Waals surface area (Å²) in [7, 11) is 0. The van der Waals surface area contributed by atoms with Gasteiger partial charge in [0.2, 0.25) is 0 Å². The van der Waals surface area contributed by atoms with Crippen LogP contribution in [0.3, 0.4) is 0 Å². The standard InChI is InChI=1S/C15H23N3S/c1-3-9-18(4-2)15-12(14(16)19)10-11-7-5-6-8-13(11)17-15/h10H,3-9H2,1-2H3,(H2,16,19). The SMILES string of the molecule is CCCN(CC)c1nc2c(cc1C(N)=S)CCCC2. The molecule has 1 heterocycles. The first-order chi connectivity index (χ1) is 9.17. The molecule has 104 valence electrons. The molecule has 0 atom stereocenters. The van der Waals surface area contributed by atoms with Gasteiger partial charge < -0.3 is 10.6 Å². The van der Waals surface area contributed by atoms with Gasteiger partial charge in [0.15, 0.2) is 0 Å². The Morgan fingerprint density at radius 3 is 2.74 bits per heavy atom. The summed E-state index contributed by atoms with van der Waals surface area (Å²) >= 11 is 5.22. The van der Waals surface area contributed by atoms with E-state index in [9.17, 15) is 0 Å². The number of aromatic nitrogens is 1. The van der Waals surface area contributed by atoms with Crippen molar-refractivity contribution in [2.45, 2.75) is 46.0 Å². The van der Waals surface area contributed by atoms with Gasteiger partial charge in [-0.2, -0.15) is 0 Å². The Hall–Kier alpha value is -1.16. The second-order valence-electron chi connectivity index (χ2n) is 5.12. The molecule has 0 saturated heterocycles. The van der Waals surface area contributed by atoms with Crippen LogP contribution in [0.2, 0.25) is 0 Å². The van der Waals surface area contributed by atoms with E-state index in [4.69, 9.17) is 22.9 Å². The summed E-state index contributed by atoms with van der Waals surface area (Å²) in [5.74, 6) is 0.984. The molecule has 2 rings (SSSR count). The average Bonchev–Trinajstić information content (AvgIpc) is 2.43. The van der Waals surface area contributed by atoms with Crippen LogP contribution < -0.4 is 10.6 Å². The quantitative estimate of drug-likeness (QED) is 0.840. The van der Waals surface area contributed by atoms with Crippen LogP contribution in [0.15, 0.2) is 6.07 Å². The fraction of sp³-hybridized carbons (Fsp3) is 0.600. The number of rotatable bonds is 5. The van der Waals surface area contributed by atoms with E-state index in [1.54, 1.807) is 0 Å². The minimum Gasteiger partial charge on any atom is -0.389 e. The van der Waals surface area contributed by atoms with Crippen molar-refractivity contribution in [3.05, 3.63) is 22.9 Å². The molecule has 4 heteroatoms. The van der Waals surface area contributed by atoms with Crippen molar-refractivity contribution in [2.75, 3.05) is 18.0 Å². The van der Waals surface area contributed by atoms with Crippen LogP contribution in [0.4, 0.5) is 5.82 Å². The molecule has 0 amide bonds. The molecule has 0 aromatic carbocycles. The van der Waals surface area contributed by atoms with Crippen molar-refractivity contribution in [1.29, 1.82) is 0 Å². The third-order valence-corrected chi connectivity index (χ3v) is 3.94. The Morgan fingerprint density at radius 2 is 2.11 bits per heavy atom. The lowest BCUT2D eigenvalue weighted by atomic mass is 9.94. The third-order valence-electron chi connectivity index (χ3n) is 3.72. The number of nitrogens with zero attached hydrogens (tertiary/aromatic N) is 2. The van der Waals surface area contributed by atoms with E-state index in [1.165, 1.54) is 24.1 Å². The van der Waals surface area contributed by atoms with Crippen molar-refractivity contribution in [3.63, 3.8) is 0 Å². The minimum absolute atomic E-state index is 0.463. The van der Waals surface area contributed by atoms with E-state index in [2.05, 4.69) is 24.8 Å². The van der Waals surface area contributed by atoms with Gasteiger partial charge in [-0.3, -0.25) is 0 Å². The molecule has 0 unspecified atom stereocenters. The van der Waals surface area contributed by atoms with Crippen molar-refractivity contribution in [3.8, 4) is 0 Å². The Kier molecular flexibility index (Phi) is 4.75. The molecular formula is C15H23N3S. The smallest absolute Gasteiger partial charge is 0.139 e. The summed E-state index contributed by atoms with van der Waals surface area (Å²) in [6.45, 7) is 6.27. The van der Waals surface area contributed by atoms with Gasteiger partial charge in [-0.05, 0) is 50.7 Å². The lowest BCUT2D eigenvalue weighted by Gasteiger charge is -2.26. The molecule has 19 heavy (non-hydrogen) atoms. The van der Waals surface area contributed by atoms with Crippen LogP contribution >= 0.6 is 12.2 Å². The molecule has 0 aliphatic heterocycles. The largest absolute Gasteiger partial charge is 0.389 e. The normalized spacial score (nSPS) is 14.0. The predicted molar refractivity (Wildman–Crippen MR) is 84.9 cm³/mol. The molecule has 1 aromatic heterocycles. The Labute approximate surface area is 121 Å². The van der Waals surface area contributed by atoms with Gasteiger partial charge in [-0.25, -0.2) is 4.98 Å². The van der Waals surface area contributed by atoms with Crippen molar-refractivity contribution in [2.24, 2.45) is 5.73 Å². The molecule has 1 aromatic rings. The first-order valence-electron chi connectivity index (χ1n) is 7.24. The molecule has 1 aliphatic rings. The highest BCUT2D eigenvalue weighted by Crippen LogP contribution is 2.27. The number of pyridine rings is 1. The lowest BCUT2D eigenvalue weighted by Crippen LogP contribution is -2.29. The summed E-state index contributed by atoms with van der Waals surface area (Å²) in [6, 6.07) is 2.18. The van der Waals surface area contributed by atoms with Gasteiger partial charge in [0, 0.05) is 18.8 Å². The molecule has 2 N–H and O–H groups in total. The zero-order chi connectivity index (χ0) is 13.8. The number of nitrogens with two attached hydrogens (primary N) is 1. The summed E-state index contributed by atoms with van der Waals surface area (Å²) in [6.07, 6.45) is 5.79. The summed E-state index contributed by atoms with van der Waals surface area (Å²) in [5.41, 5.74) is 9.44. The number of hydrogen-bond acceptors (Lipinski definition) is 3. The predicted octanol–water partition coefficient (Wildman–Crippen LogP) is 2.83. The number of hydrogen-bond donors (Lipinski definition) is 1. The van der Waals surface area contributed by atoms with Crippen molar-refractivity contribution in [1.82, 2.24) is 4.98 Å². The molecule has 0 fully saturated rings. The highest BCUT2D eigenvalue weighted by molar-refractivity contribution is 7.80. The number of thiocarbonyl (C=S) groups is 1.